The lowest BCUT2D eigenvalue weighted by Crippen LogP contribution is -2.40. The topological polar surface area (TPSA) is 92.1 Å². The van der Waals surface area contributed by atoms with Crippen LogP contribution in [0.4, 0.5) is 4.79 Å². The maximum atomic E-state index is 12.1. The number of rotatable bonds is 5. The van der Waals surface area contributed by atoms with Gasteiger partial charge < -0.3 is 15.7 Å². The molecule has 3 atom stereocenters. The number of aliphatic hydroxyl groups is 1. The highest BCUT2D eigenvalue weighted by Gasteiger charge is 2.20. The summed E-state index contributed by atoms with van der Waals surface area (Å²) in [5.41, 5.74) is 1.95. The second kappa shape index (κ2) is 8.11. The number of benzene rings is 1. The monoisotopic (exact) mass is 343 g/mol. The lowest BCUT2D eigenvalue weighted by molar-refractivity contribution is 0.101. The highest BCUT2D eigenvalue weighted by molar-refractivity contribution is 5.74. The number of nitrogens with one attached hydrogen (secondary N) is 2. The van der Waals surface area contributed by atoms with E-state index in [1.165, 1.54) is 0 Å². The molecule has 7 heteroatoms. The van der Waals surface area contributed by atoms with Crippen LogP contribution in [0.15, 0.2) is 36.7 Å². The summed E-state index contributed by atoms with van der Waals surface area (Å²) in [4.78, 5) is 12.1. The molecule has 3 N–H and O–H groups in total. The first kappa shape index (κ1) is 17.4. The van der Waals surface area contributed by atoms with Gasteiger partial charge in [-0.05, 0) is 49.8 Å². The van der Waals surface area contributed by atoms with E-state index in [0.29, 0.717) is 12.5 Å². The van der Waals surface area contributed by atoms with E-state index in [-0.39, 0.29) is 18.2 Å². The molecule has 134 valence electrons. The molecule has 0 bridgehead atoms. The van der Waals surface area contributed by atoms with E-state index in [1.54, 1.807) is 17.1 Å². The van der Waals surface area contributed by atoms with E-state index >= 15 is 0 Å². The van der Waals surface area contributed by atoms with Crippen molar-refractivity contribution in [3.8, 4) is 5.69 Å². The number of aliphatic hydroxyl groups excluding tert-OH is 1. The Balaban J connectivity index is 1.48. The van der Waals surface area contributed by atoms with Gasteiger partial charge in [0.25, 0.3) is 0 Å². The van der Waals surface area contributed by atoms with Crippen LogP contribution in [0.3, 0.4) is 0 Å². The van der Waals surface area contributed by atoms with Gasteiger partial charge >= 0.3 is 6.03 Å². The molecule has 1 aromatic heterocycles. The molecule has 0 radical (unpaired) electrons. The molecule has 0 aliphatic heterocycles. The van der Waals surface area contributed by atoms with Crippen molar-refractivity contribution in [1.82, 2.24) is 25.6 Å². The maximum Gasteiger partial charge on any atom is 0.315 e. The Bertz CT molecular complexity index is 671. The van der Waals surface area contributed by atoms with Crippen molar-refractivity contribution in [2.45, 2.75) is 44.8 Å². The third-order valence-electron chi connectivity index (χ3n) is 4.73. The zero-order valence-electron chi connectivity index (χ0n) is 14.4. The molecule has 2 amide bonds. The smallest absolute Gasteiger partial charge is 0.315 e. The SMILES string of the molecule is CC(NC(=O)NCC1CCCC(O)C1)c1ccc(-n2ccnn2)cc1. The molecule has 0 spiro atoms. The molecule has 1 heterocycles. The number of amides is 2. The molecular formula is C18H25N5O2. The molecule has 1 saturated carbocycles. The number of aromatic nitrogens is 3. The summed E-state index contributed by atoms with van der Waals surface area (Å²) in [6.07, 6.45) is 6.95. The van der Waals surface area contributed by atoms with Gasteiger partial charge in [-0.1, -0.05) is 23.8 Å². The predicted molar refractivity (Wildman–Crippen MR) is 94.3 cm³/mol. The molecular weight excluding hydrogens is 318 g/mol. The van der Waals surface area contributed by atoms with Gasteiger partial charge in [0.1, 0.15) is 0 Å². The van der Waals surface area contributed by atoms with E-state index in [2.05, 4.69) is 20.9 Å². The number of hydrogen-bond donors (Lipinski definition) is 3. The van der Waals surface area contributed by atoms with Crippen LogP contribution in [0.25, 0.3) is 5.69 Å². The van der Waals surface area contributed by atoms with Crippen LogP contribution in [0, 0.1) is 5.92 Å². The second-order valence-electron chi connectivity index (χ2n) is 6.70. The van der Waals surface area contributed by atoms with Gasteiger partial charge in [0, 0.05) is 6.54 Å². The number of nitrogens with zero attached hydrogens (tertiary/aromatic N) is 3. The molecule has 1 fully saturated rings. The third-order valence-corrected chi connectivity index (χ3v) is 4.73. The molecule has 3 rings (SSSR count). The summed E-state index contributed by atoms with van der Waals surface area (Å²) in [6, 6.07) is 7.57. The number of carbonyl (C=O) groups is 1. The van der Waals surface area contributed by atoms with Crippen molar-refractivity contribution in [2.75, 3.05) is 6.54 Å². The van der Waals surface area contributed by atoms with Crippen LogP contribution < -0.4 is 10.6 Å². The lowest BCUT2D eigenvalue weighted by atomic mass is 9.87. The zero-order chi connectivity index (χ0) is 17.6. The van der Waals surface area contributed by atoms with Crippen LogP contribution in [0.1, 0.15) is 44.2 Å². The van der Waals surface area contributed by atoms with Crippen molar-refractivity contribution < 1.29 is 9.90 Å². The third kappa shape index (κ3) is 4.79. The van der Waals surface area contributed by atoms with Crippen molar-refractivity contribution >= 4 is 6.03 Å². The number of hydrogen-bond acceptors (Lipinski definition) is 4. The quantitative estimate of drug-likeness (QED) is 0.776. The average Bonchev–Trinajstić information content (AvgIpc) is 3.15. The second-order valence-corrected chi connectivity index (χ2v) is 6.70. The fraction of sp³-hybridized carbons (Fsp3) is 0.500. The molecule has 1 aliphatic carbocycles. The summed E-state index contributed by atoms with van der Waals surface area (Å²) >= 11 is 0. The largest absolute Gasteiger partial charge is 0.393 e. The first-order valence-electron chi connectivity index (χ1n) is 8.81. The van der Waals surface area contributed by atoms with Crippen molar-refractivity contribution in [1.29, 1.82) is 0 Å². The minimum Gasteiger partial charge on any atom is -0.393 e. The highest BCUT2D eigenvalue weighted by atomic mass is 16.3. The van der Waals surface area contributed by atoms with E-state index in [0.717, 1.165) is 36.9 Å². The summed E-state index contributed by atoms with van der Waals surface area (Å²) < 4.78 is 1.69. The Kier molecular flexibility index (Phi) is 5.65. The van der Waals surface area contributed by atoms with E-state index in [4.69, 9.17) is 0 Å². The summed E-state index contributed by atoms with van der Waals surface area (Å²) in [6.45, 7) is 2.56. The molecule has 1 aliphatic rings. The van der Waals surface area contributed by atoms with Gasteiger partial charge in [0.15, 0.2) is 0 Å². The van der Waals surface area contributed by atoms with Crippen LogP contribution in [-0.4, -0.2) is 38.8 Å². The van der Waals surface area contributed by atoms with Crippen molar-refractivity contribution in [3.63, 3.8) is 0 Å². The number of carbonyl (C=O) groups excluding carboxylic acids is 1. The first-order chi connectivity index (χ1) is 12.1. The van der Waals surface area contributed by atoms with Crippen LogP contribution in [-0.2, 0) is 0 Å². The van der Waals surface area contributed by atoms with E-state index < -0.39 is 0 Å². The lowest BCUT2D eigenvalue weighted by Gasteiger charge is -2.26. The fourth-order valence-electron chi connectivity index (χ4n) is 3.28. The molecule has 2 aromatic rings. The van der Waals surface area contributed by atoms with Crippen LogP contribution >= 0.6 is 0 Å². The van der Waals surface area contributed by atoms with E-state index in [9.17, 15) is 9.90 Å². The standard InChI is InChI=1S/C18H25N5O2/c1-13(15-5-7-16(8-6-15)23-10-9-20-22-23)21-18(25)19-12-14-3-2-4-17(24)11-14/h5-10,13-14,17,24H,2-4,11-12H2,1H3,(H2,19,21,25). The maximum absolute atomic E-state index is 12.1. The summed E-state index contributed by atoms with van der Waals surface area (Å²) in [5, 5.41) is 23.3. The van der Waals surface area contributed by atoms with Gasteiger partial charge in [-0.3, -0.25) is 0 Å². The Morgan fingerprint density at radius 2 is 2.16 bits per heavy atom. The zero-order valence-corrected chi connectivity index (χ0v) is 14.4. The predicted octanol–water partition coefficient (Wildman–Crippen LogP) is 2.18. The fourth-order valence-corrected chi connectivity index (χ4v) is 3.28. The molecule has 1 aromatic carbocycles. The van der Waals surface area contributed by atoms with Gasteiger partial charge in [-0.2, -0.15) is 0 Å². The minimum atomic E-state index is -0.217. The summed E-state index contributed by atoms with van der Waals surface area (Å²) in [7, 11) is 0. The summed E-state index contributed by atoms with van der Waals surface area (Å²) in [5.74, 6) is 0.367. The average molecular weight is 343 g/mol. The Hall–Kier alpha value is -2.41. The molecule has 7 nitrogen and oxygen atoms in total. The van der Waals surface area contributed by atoms with Gasteiger partial charge in [-0.15, -0.1) is 5.10 Å². The Morgan fingerprint density at radius 1 is 1.36 bits per heavy atom. The molecule has 3 unspecified atom stereocenters. The van der Waals surface area contributed by atoms with Crippen molar-refractivity contribution in [2.24, 2.45) is 5.92 Å². The number of urea groups is 1. The van der Waals surface area contributed by atoms with Gasteiger partial charge in [0.2, 0.25) is 0 Å². The Morgan fingerprint density at radius 3 is 2.84 bits per heavy atom. The molecule has 0 saturated heterocycles. The first-order valence-corrected chi connectivity index (χ1v) is 8.81. The van der Waals surface area contributed by atoms with E-state index in [1.807, 2.05) is 31.2 Å². The van der Waals surface area contributed by atoms with Gasteiger partial charge in [-0.25, -0.2) is 9.48 Å². The van der Waals surface area contributed by atoms with Crippen LogP contribution in [0.5, 0.6) is 0 Å². The van der Waals surface area contributed by atoms with Gasteiger partial charge in [0.05, 0.1) is 30.2 Å². The van der Waals surface area contributed by atoms with Crippen molar-refractivity contribution in [3.05, 3.63) is 42.2 Å². The van der Waals surface area contributed by atoms with Crippen LogP contribution in [0.2, 0.25) is 0 Å². The highest BCUT2D eigenvalue weighted by Crippen LogP contribution is 2.23. The Labute approximate surface area is 147 Å². The minimum absolute atomic E-state index is 0.0956. The normalized spacial score (nSPS) is 21.5. The molecule has 25 heavy (non-hydrogen) atoms.